The number of carbonyl (C=O) groups is 3. The van der Waals surface area contributed by atoms with Gasteiger partial charge in [-0.2, -0.15) is 0 Å². The number of unbranched alkanes of at least 4 members (excludes halogenated alkanes) is 26. The fraction of sp³-hybridized carbons (Fsp3) is 0.792. The van der Waals surface area contributed by atoms with Crippen LogP contribution in [0, 0.1) is 0 Å². The van der Waals surface area contributed by atoms with E-state index in [2.05, 4.69) is 69.4 Å². The first kappa shape index (κ1) is 56.4. The van der Waals surface area contributed by atoms with E-state index >= 15 is 0 Å². The van der Waals surface area contributed by atoms with E-state index in [1.54, 1.807) is 0 Å². The Hall–Kier alpha value is -2.63. The van der Waals surface area contributed by atoms with Crippen molar-refractivity contribution in [2.75, 3.05) is 13.2 Å². The Balaban J connectivity index is 4.41. The Kier molecular flexibility index (Phi) is 45.9. The maximum atomic E-state index is 12.8. The van der Waals surface area contributed by atoms with Crippen LogP contribution in [0.25, 0.3) is 0 Å². The van der Waals surface area contributed by atoms with Gasteiger partial charge in [-0.25, -0.2) is 0 Å². The second-order valence-corrected chi connectivity index (χ2v) is 16.7. The fourth-order valence-electron chi connectivity index (χ4n) is 6.96. The molecule has 0 aliphatic carbocycles. The van der Waals surface area contributed by atoms with Gasteiger partial charge in [-0.3, -0.25) is 14.4 Å². The van der Waals surface area contributed by atoms with Crippen LogP contribution in [0.5, 0.6) is 0 Å². The molecule has 0 aromatic rings. The highest BCUT2D eigenvalue weighted by atomic mass is 16.6. The molecule has 1 unspecified atom stereocenters. The molecule has 1 atom stereocenters. The molecular formula is C53H94O6. The third-order valence-electron chi connectivity index (χ3n) is 10.8. The molecule has 0 N–H and O–H groups in total. The van der Waals surface area contributed by atoms with Gasteiger partial charge < -0.3 is 14.2 Å². The molecule has 0 saturated carbocycles. The summed E-state index contributed by atoms with van der Waals surface area (Å²) in [7, 11) is 0. The van der Waals surface area contributed by atoms with E-state index in [1.165, 1.54) is 109 Å². The minimum Gasteiger partial charge on any atom is -0.462 e. The first-order chi connectivity index (χ1) is 29.0. The summed E-state index contributed by atoms with van der Waals surface area (Å²) in [6, 6.07) is 0. The summed E-state index contributed by atoms with van der Waals surface area (Å²) in [5.74, 6) is -0.905. The number of ether oxygens (including phenoxy) is 3. The van der Waals surface area contributed by atoms with Crippen LogP contribution in [0.2, 0.25) is 0 Å². The average molecular weight is 827 g/mol. The molecule has 0 fully saturated rings. The van der Waals surface area contributed by atoms with Gasteiger partial charge in [-0.1, -0.05) is 204 Å². The lowest BCUT2D eigenvalue weighted by Crippen LogP contribution is -2.30. The highest BCUT2D eigenvalue weighted by Gasteiger charge is 2.19. The van der Waals surface area contributed by atoms with Gasteiger partial charge in [-0.05, 0) is 77.0 Å². The first-order valence-corrected chi connectivity index (χ1v) is 25.1. The van der Waals surface area contributed by atoms with Gasteiger partial charge >= 0.3 is 17.9 Å². The van der Waals surface area contributed by atoms with Gasteiger partial charge in [0.25, 0.3) is 0 Å². The van der Waals surface area contributed by atoms with Crippen LogP contribution in [0.4, 0.5) is 0 Å². The Morgan fingerprint density at radius 3 is 1.02 bits per heavy atom. The van der Waals surface area contributed by atoms with Crippen molar-refractivity contribution in [2.24, 2.45) is 0 Å². The van der Waals surface area contributed by atoms with Crippen LogP contribution in [-0.2, 0) is 28.6 Å². The number of esters is 3. The second kappa shape index (κ2) is 48.0. The van der Waals surface area contributed by atoms with Crippen LogP contribution in [0.1, 0.15) is 252 Å². The molecule has 0 spiro atoms. The smallest absolute Gasteiger partial charge is 0.306 e. The lowest BCUT2D eigenvalue weighted by atomic mass is 10.0. The fourth-order valence-corrected chi connectivity index (χ4v) is 6.96. The predicted octanol–water partition coefficient (Wildman–Crippen LogP) is 16.3. The summed E-state index contributed by atoms with van der Waals surface area (Å²) in [6.45, 7) is 6.55. The van der Waals surface area contributed by atoms with Crippen LogP contribution in [-0.4, -0.2) is 37.2 Å². The van der Waals surface area contributed by atoms with E-state index in [0.717, 1.165) is 103 Å². The quantitative estimate of drug-likeness (QED) is 0.0263. The third-order valence-corrected chi connectivity index (χ3v) is 10.8. The van der Waals surface area contributed by atoms with Crippen LogP contribution >= 0.6 is 0 Å². The van der Waals surface area contributed by atoms with E-state index in [4.69, 9.17) is 14.2 Å². The lowest BCUT2D eigenvalue weighted by molar-refractivity contribution is -0.167. The summed E-state index contributed by atoms with van der Waals surface area (Å²) in [6.07, 6.45) is 56.5. The van der Waals surface area contributed by atoms with Crippen LogP contribution in [0.3, 0.4) is 0 Å². The van der Waals surface area contributed by atoms with Gasteiger partial charge in [0.2, 0.25) is 0 Å². The van der Waals surface area contributed by atoms with E-state index in [0.29, 0.717) is 19.3 Å². The molecule has 0 saturated heterocycles. The van der Waals surface area contributed by atoms with E-state index in [9.17, 15) is 14.4 Å². The maximum absolute atomic E-state index is 12.8. The highest BCUT2D eigenvalue weighted by molar-refractivity contribution is 5.71. The summed E-state index contributed by atoms with van der Waals surface area (Å²) >= 11 is 0. The molecule has 0 aliphatic heterocycles. The van der Waals surface area contributed by atoms with Crippen molar-refractivity contribution in [3.63, 3.8) is 0 Å². The summed E-state index contributed by atoms with van der Waals surface area (Å²) in [5, 5.41) is 0. The summed E-state index contributed by atoms with van der Waals surface area (Å²) in [4.78, 5) is 37.9. The van der Waals surface area contributed by atoms with Gasteiger partial charge in [0.15, 0.2) is 6.10 Å². The minimum atomic E-state index is -0.782. The Bertz CT molecular complexity index is 1040. The Morgan fingerprint density at radius 1 is 0.339 bits per heavy atom. The molecule has 0 aromatic heterocycles. The zero-order valence-electron chi connectivity index (χ0n) is 39.0. The normalized spacial score (nSPS) is 12.4. The molecular weight excluding hydrogens is 733 g/mol. The summed E-state index contributed by atoms with van der Waals surface area (Å²) in [5.41, 5.74) is 0. The Labute approximate surface area is 365 Å². The molecule has 0 heterocycles. The van der Waals surface area contributed by atoms with Gasteiger partial charge in [-0.15, -0.1) is 0 Å². The lowest BCUT2D eigenvalue weighted by Gasteiger charge is -2.18. The molecule has 342 valence electrons. The molecule has 0 radical (unpaired) electrons. The summed E-state index contributed by atoms with van der Waals surface area (Å²) < 4.78 is 16.8. The van der Waals surface area contributed by atoms with Gasteiger partial charge in [0.05, 0.1) is 0 Å². The standard InChI is InChI=1S/C53H94O6/c1-4-7-10-13-16-19-22-25-27-29-31-34-37-40-43-46-52(55)58-49-50(48-57-51(54)45-42-39-36-33-30-24-21-18-15-12-9-6-3)59-53(56)47-44-41-38-35-32-28-26-23-20-17-14-11-8-5-2/h14,16-17,19,23,25-27,50H,4-13,15,18,20-22,24,28-49H2,1-3H3/b17-14-,19-16-,26-23-,27-25-. The first-order valence-electron chi connectivity index (χ1n) is 25.1. The van der Waals surface area contributed by atoms with E-state index < -0.39 is 6.10 Å². The third kappa shape index (κ3) is 46.3. The van der Waals surface area contributed by atoms with Crippen molar-refractivity contribution in [1.82, 2.24) is 0 Å². The number of rotatable bonds is 45. The largest absolute Gasteiger partial charge is 0.462 e. The zero-order chi connectivity index (χ0) is 43.0. The number of allylic oxidation sites excluding steroid dienone is 8. The monoisotopic (exact) mass is 827 g/mol. The van der Waals surface area contributed by atoms with E-state index in [-0.39, 0.29) is 31.1 Å². The van der Waals surface area contributed by atoms with E-state index in [1.807, 2.05) is 0 Å². The van der Waals surface area contributed by atoms with Gasteiger partial charge in [0, 0.05) is 19.3 Å². The minimum absolute atomic E-state index is 0.0815. The topological polar surface area (TPSA) is 78.9 Å². The molecule has 0 aromatic carbocycles. The molecule has 59 heavy (non-hydrogen) atoms. The number of hydrogen-bond donors (Lipinski definition) is 0. The van der Waals surface area contributed by atoms with Gasteiger partial charge in [0.1, 0.15) is 13.2 Å². The molecule has 6 nitrogen and oxygen atoms in total. The molecule has 0 aliphatic rings. The number of carbonyl (C=O) groups excluding carboxylic acids is 3. The average Bonchev–Trinajstić information content (AvgIpc) is 3.23. The molecule has 6 heteroatoms. The van der Waals surface area contributed by atoms with Crippen molar-refractivity contribution in [1.29, 1.82) is 0 Å². The van der Waals surface area contributed by atoms with Crippen molar-refractivity contribution < 1.29 is 28.6 Å². The van der Waals surface area contributed by atoms with Crippen LogP contribution < -0.4 is 0 Å². The van der Waals surface area contributed by atoms with Crippen LogP contribution in [0.15, 0.2) is 48.6 Å². The van der Waals surface area contributed by atoms with Crippen molar-refractivity contribution in [3.05, 3.63) is 48.6 Å². The Morgan fingerprint density at radius 2 is 0.627 bits per heavy atom. The molecule has 0 rings (SSSR count). The predicted molar refractivity (Wildman–Crippen MR) is 252 cm³/mol. The second-order valence-electron chi connectivity index (χ2n) is 16.7. The SMILES string of the molecule is CCCC/C=C\C/C=C\CCCCCCCC(=O)OC(COC(=O)CCCCCCC/C=C\C/C=C\CCCCC)COC(=O)CCCCCCCCCCCCCC. The van der Waals surface area contributed by atoms with Crippen molar-refractivity contribution >= 4 is 17.9 Å². The zero-order valence-corrected chi connectivity index (χ0v) is 39.0. The molecule has 0 bridgehead atoms. The highest BCUT2D eigenvalue weighted by Crippen LogP contribution is 2.14. The molecule has 0 amide bonds. The number of hydrogen-bond acceptors (Lipinski definition) is 6. The van der Waals surface area contributed by atoms with Crippen molar-refractivity contribution in [3.8, 4) is 0 Å². The van der Waals surface area contributed by atoms with Crippen molar-refractivity contribution in [2.45, 2.75) is 258 Å². The maximum Gasteiger partial charge on any atom is 0.306 e.